The molecular weight excluding hydrogens is 187 g/mol. The lowest BCUT2D eigenvalue weighted by Gasteiger charge is -2.08. The van der Waals surface area contributed by atoms with Gasteiger partial charge in [0.1, 0.15) is 0 Å². The van der Waals surface area contributed by atoms with Gasteiger partial charge >= 0.3 is 7.60 Å². The van der Waals surface area contributed by atoms with Crippen LogP contribution in [0.1, 0.15) is 12.5 Å². The molecule has 0 bridgehead atoms. The number of allylic oxidation sites excluding steroid dienone is 1. The molecule has 0 saturated heterocycles. The largest absolute Gasteiger partial charge is 0.356 e. The van der Waals surface area contributed by atoms with Gasteiger partial charge in [0.25, 0.3) is 0 Å². The fraction of sp³-hybridized carbons (Fsp3) is 0.111. The zero-order chi connectivity index (χ0) is 9.90. The second-order valence-electron chi connectivity index (χ2n) is 2.58. The lowest BCUT2D eigenvalue weighted by molar-refractivity contribution is 0.388. The van der Waals surface area contributed by atoms with Gasteiger partial charge in [0.15, 0.2) is 0 Å². The molecule has 0 aliphatic heterocycles. The average molecular weight is 198 g/mol. The van der Waals surface area contributed by atoms with Gasteiger partial charge in [-0.2, -0.15) is 0 Å². The smallest absolute Gasteiger partial charge is 0.321 e. The lowest BCUT2D eigenvalue weighted by Crippen LogP contribution is -1.85. The molecule has 13 heavy (non-hydrogen) atoms. The van der Waals surface area contributed by atoms with E-state index in [0.717, 1.165) is 0 Å². The molecule has 4 heteroatoms. The average Bonchev–Trinajstić information content (AvgIpc) is 2.05. The Labute approximate surface area is 76.9 Å². The molecule has 0 spiro atoms. The van der Waals surface area contributed by atoms with Crippen LogP contribution in [0.5, 0.6) is 0 Å². The number of hydrogen-bond acceptors (Lipinski definition) is 1. The highest BCUT2D eigenvalue weighted by Crippen LogP contribution is 2.50. The monoisotopic (exact) mass is 198 g/mol. The van der Waals surface area contributed by atoms with Crippen molar-refractivity contribution < 1.29 is 14.4 Å². The summed E-state index contributed by atoms with van der Waals surface area (Å²) in [4.78, 5) is 17.9. The summed E-state index contributed by atoms with van der Waals surface area (Å²) in [5.74, 6) is 0. The van der Waals surface area contributed by atoms with Crippen LogP contribution in [-0.2, 0) is 4.57 Å². The second-order valence-corrected chi connectivity index (χ2v) is 4.15. The van der Waals surface area contributed by atoms with Gasteiger partial charge in [-0.3, -0.25) is 4.57 Å². The van der Waals surface area contributed by atoms with Crippen molar-refractivity contribution in [3.63, 3.8) is 0 Å². The molecule has 1 rings (SSSR count). The zero-order valence-corrected chi connectivity index (χ0v) is 8.11. The minimum Gasteiger partial charge on any atom is -0.321 e. The van der Waals surface area contributed by atoms with Crippen LogP contribution in [0, 0.1) is 0 Å². The van der Waals surface area contributed by atoms with E-state index in [1.165, 1.54) is 6.08 Å². The van der Waals surface area contributed by atoms with Crippen molar-refractivity contribution >= 4 is 12.9 Å². The number of rotatable bonds is 2. The Morgan fingerprint density at radius 1 is 1.31 bits per heavy atom. The third-order valence-corrected chi connectivity index (χ3v) is 2.80. The summed E-state index contributed by atoms with van der Waals surface area (Å²) < 4.78 is 11.0. The third kappa shape index (κ3) is 2.52. The van der Waals surface area contributed by atoms with E-state index in [0.29, 0.717) is 5.56 Å². The molecule has 0 heterocycles. The Bertz CT molecular complexity index is 350. The molecule has 0 amide bonds. The normalized spacial score (nSPS) is 13.0. The fourth-order valence-corrected chi connectivity index (χ4v) is 1.93. The molecular formula is C9H11O3P. The predicted octanol–water partition coefficient (Wildman–Crippen LogP) is 2.23. The second kappa shape index (κ2) is 3.88. The molecule has 0 radical (unpaired) electrons. The molecule has 0 aromatic heterocycles. The highest BCUT2D eigenvalue weighted by Gasteiger charge is 2.20. The minimum atomic E-state index is -4.14. The van der Waals surface area contributed by atoms with Gasteiger partial charge in [-0.25, -0.2) is 0 Å². The molecule has 1 aromatic rings. The van der Waals surface area contributed by atoms with E-state index in [4.69, 9.17) is 9.79 Å². The standard InChI is InChI=1S/C9H11O3P/c1-2-9(13(10,11)12)8-6-4-3-5-7-8/h2-7H,1H3,(H2,10,11,12)/b9-2-. The van der Waals surface area contributed by atoms with Crippen LogP contribution in [0.25, 0.3) is 5.31 Å². The van der Waals surface area contributed by atoms with Gasteiger partial charge < -0.3 is 9.79 Å². The van der Waals surface area contributed by atoms with Crippen molar-refractivity contribution in [3.05, 3.63) is 42.0 Å². The van der Waals surface area contributed by atoms with Crippen LogP contribution in [0.3, 0.4) is 0 Å². The van der Waals surface area contributed by atoms with Gasteiger partial charge in [-0.05, 0) is 12.5 Å². The maximum absolute atomic E-state index is 11.0. The molecule has 0 aliphatic rings. The van der Waals surface area contributed by atoms with Gasteiger partial charge in [0, 0.05) is 0 Å². The number of benzene rings is 1. The molecule has 0 aliphatic carbocycles. The Hall–Kier alpha value is -0.890. The maximum atomic E-state index is 11.0. The molecule has 3 nitrogen and oxygen atoms in total. The van der Waals surface area contributed by atoms with Crippen LogP contribution >= 0.6 is 7.60 Å². The van der Waals surface area contributed by atoms with E-state index in [-0.39, 0.29) is 5.31 Å². The van der Waals surface area contributed by atoms with Crippen LogP contribution in [0.2, 0.25) is 0 Å². The fourth-order valence-electron chi connectivity index (χ4n) is 1.11. The van der Waals surface area contributed by atoms with Crippen molar-refractivity contribution in [3.8, 4) is 0 Å². The van der Waals surface area contributed by atoms with Crippen molar-refractivity contribution in [1.29, 1.82) is 0 Å². The van der Waals surface area contributed by atoms with Gasteiger partial charge in [0.05, 0.1) is 5.31 Å². The first-order valence-corrected chi connectivity index (χ1v) is 5.45. The van der Waals surface area contributed by atoms with Crippen LogP contribution in [-0.4, -0.2) is 9.79 Å². The van der Waals surface area contributed by atoms with E-state index in [2.05, 4.69) is 0 Å². The lowest BCUT2D eigenvalue weighted by atomic mass is 10.2. The van der Waals surface area contributed by atoms with Crippen molar-refractivity contribution in [1.82, 2.24) is 0 Å². The van der Waals surface area contributed by atoms with Gasteiger partial charge in [-0.1, -0.05) is 36.4 Å². The summed E-state index contributed by atoms with van der Waals surface area (Å²) in [5, 5.41) is 0.0769. The summed E-state index contributed by atoms with van der Waals surface area (Å²) in [7, 11) is -4.14. The van der Waals surface area contributed by atoms with Crippen LogP contribution in [0.15, 0.2) is 36.4 Å². The molecule has 0 atom stereocenters. The van der Waals surface area contributed by atoms with E-state index in [1.807, 2.05) is 0 Å². The highest BCUT2D eigenvalue weighted by atomic mass is 31.2. The first kappa shape index (κ1) is 10.2. The van der Waals surface area contributed by atoms with Gasteiger partial charge in [-0.15, -0.1) is 0 Å². The van der Waals surface area contributed by atoms with Crippen molar-refractivity contribution in [2.45, 2.75) is 6.92 Å². The molecule has 1 aromatic carbocycles. The molecule has 70 valence electrons. The van der Waals surface area contributed by atoms with Crippen molar-refractivity contribution in [2.24, 2.45) is 0 Å². The number of hydrogen-bond donors (Lipinski definition) is 2. The molecule has 0 fully saturated rings. The van der Waals surface area contributed by atoms with E-state index in [9.17, 15) is 4.57 Å². The SMILES string of the molecule is C/C=C(/c1ccccc1)P(=O)(O)O. The topological polar surface area (TPSA) is 57.5 Å². The summed E-state index contributed by atoms with van der Waals surface area (Å²) in [5.41, 5.74) is 0.568. The Balaban J connectivity index is 3.15. The van der Waals surface area contributed by atoms with E-state index < -0.39 is 7.60 Å². The maximum Gasteiger partial charge on any atom is 0.356 e. The molecule has 0 unspecified atom stereocenters. The summed E-state index contributed by atoms with van der Waals surface area (Å²) >= 11 is 0. The minimum absolute atomic E-state index is 0.0769. The third-order valence-electron chi connectivity index (χ3n) is 1.66. The Morgan fingerprint density at radius 2 is 1.85 bits per heavy atom. The first-order valence-electron chi connectivity index (χ1n) is 3.83. The highest BCUT2D eigenvalue weighted by molar-refractivity contribution is 7.63. The van der Waals surface area contributed by atoms with Gasteiger partial charge in [0.2, 0.25) is 0 Å². The molecule has 0 saturated carbocycles. The van der Waals surface area contributed by atoms with Crippen LogP contribution in [0.4, 0.5) is 0 Å². The Kier molecular flexibility index (Phi) is 3.04. The van der Waals surface area contributed by atoms with E-state index in [1.54, 1.807) is 37.3 Å². The Morgan fingerprint density at radius 3 is 2.23 bits per heavy atom. The zero-order valence-electron chi connectivity index (χ0n) is 7.21. The first-order chi connectivity index (χ1) is 6.05. The van der Waals surface area contributed by atoms with Crippen LogP contribution < -0.4 is 0 Å². The predicted molar refractivity (Wildman–Crippen MR) is 52.1 cm³/mol. The summed E-state index contributed by atoms with van der Waals surface area (Å²) in [6.07, 6.45) is 1.44. The van der Waals surface area contributed by atoms with E-state index >= 15 is 0 Å². The molecule has 2 N–H and O–H groups in total. The summed E-state index contributed by atoms with van der Waals surface area (Å²) in [6.45, 7) is 1.61. The quantitative estimate of drug-likeness (QED) is 0.716. The van der Waals surface area contributed by atoms with Crippen molar-refractivity contribution in [2.75, 3.05) is 0 Å². The summed E-state index contributed by atoms with van der Waals surface area (Å²) in [6, 6.07) is 8.64.